The molecule has 0 radical (unpaired) electrons. The Morgan fingerprint density at radius 2 is 2.00 bits per heavy atom. The van der Waals surface area contributed by atoms with Crippen molar-refractivity contribution < 1.29 is 9.59 Å². The number of hydrogen-bond donors (Lipinski definition) is 1. The molecule has 2 amide bonds. The Labute approximate surface area is 167 Å². The Morgan fingerprint density at radius 1 is 1.26 bits per heavy atom. The highest BCUT2D eigenvalue weighted by Crippen LogP contribution is 2.30. The van der Waals surface area contributed by atoms with Crippen molar-refractivity contribution in [2.24, 2.45) is 5.92 Å². The quantitative estimate of drug-likeness (QED) is 0.816. The fourth-order valence-corrected chi connectivity index (χ4v) is 4.91. The Kier molecular flexibility index (Phi) is 5.45. The molecule has 1 saturated heterocycles. The second-order valence-electron chi connectivity index (χ2n) is 7.31. The van der Waals surface area contributed by atoms with Gasteiger partial charge in [0.15, 0.2) is 5.13 Å². The van der Waals surface area contributed by atoms with Crippen LogP contribution in [0, 0.1) is 5.92 Å². The van der Waals surface area contributed by atoms with Gasteiger partial charge >= 0.3 is 0 Å². The van der Waals surface area contributed by atoms with E-state index in [2.05, 4.69) is 10.3 Å². The summed E-state index contributed by atoms with van der Waals surface area (Å²) in [6, 6.07) is 8.05. The van der Waals surface area contributed by atoms with Crippen molar-refractivity contribution in [2.45, 2.75) is 44.6 Å². The van der Waals surface area contributed by atoms with Gasteiger partial charge in [0.05, 0.1) is 5.92 Å². The number of anilines is 1. The molecule has 1 aromatic heterocycles. The molecule has 0 bridgehead atoms. The maximum Gasteiger partial charge on any atom is 0.231 e. The summed E-state index contributed by atoms with van der Waals surface area (Å²) in [6.45, 7) is 0.540. The van der Waals surface area contributed by atoms with Crippen molar-refractivity contribution in [1.82, 2.24) is 9.88 Å². The van der Waals surface area contributed by atoms with Gasteiger partial charge in [-0.15, -0.1) is 11.3 Å². The number of aromatic nitrogens is 1. The molecule has 2 aliphatic rings. The number of nitrogens with zero attached hydrogens (tertiary/aromatic N) is 2. The van der Waals surface area contributed by atoms with Crippen LogP contribution in [0.1, 0.15) is 42.5 Å². The van der Waals surface area contributed by atoms with E-state index in [0.717, 1.165) is 29.7 Å². The number of nitrogens with one attached hydrogen (secondary N) is 1. The zero-order valence-electron chi connectivity index (χ0n) is 15.0. The lowest BCUT2D eigenvalue weighted by Gasteiger charge is -2.23. The fourth-order valence-electron chi connectivity index (χ4n) is 3.93. The molecule has 0 spiro atoms. The van der Waals surface area contributed by atoms with E-state index in [9.17, 15) is 9.59 Å². The molecule has 2 heterocycles. The zero-order valence-corrected chi connectivity index (χ0v) is 16.6. The second-order valence-corrected chi connectivity index (χ2v) is 8.86. The first-order chi connectivity index (χ1) is 13.1. The average molecular weight is 404 g/mol. The maximum absolute atomic E-state index is 12.6. The van der Waals surface area contributed by atoms with Gasteiger partial charge in [-0.1, -0.05) is 36.6 Å². The smallest absolute Gasteiger partial charge is 0.231 e. The summed E-state index contributed by atoms with van der Waals surface area (Å²) in [6.07, 6.45) is 7.36. The molecule has 1 aromatic carbocycles. The first-order valence-electron chi connectivity index (χ1n) is 9.38. The van der Waals surface area contributed by atoms with Gasteiger partial charge in [0.25, 0.3) is 0 Å². The Morgan fingerprint density at radius 3 is 2.74 bits per heavy atom. The Hall–Kier alpha value is -1.92. The summed E-state index contributed by atoms with van der Waals surface area (Å²) in [4.78, 5) is 32.2. The van der Waals surface area contributed by atoms with E-state index in [0.29, 0.717) is 29.2 Å². The van der Waals surface area contributed by atoms with Gasteiger partial charge in [0, 0.05) is 41.5 Å². The average Bonchev–Trinajstić information content (AvgIpc) is 3.38. The van der Waals surface area contributed by atoms with Crippen LogP contribution in [0.5, 0.6) is 0 Å². The van der Waals surface area contributed by atoms with Crippen LogP contribution in [0.2, 0.25) is 5.02 Å². The summed E-state index contributed by atoms with van der Waals surface area (Å²) >= 11 is 7.39. The van der Waals surface area contributed by atoms with Crippen molar-refractivity contribution in [3.63, 3.8) is 0 Å². The zero-order chi connectivity index (χ0) is 18.8. The number of carbonyl (C=O) groups excluding carboxylic acids is 2. The minimum atomic E-state index is -0.276. The number of rotatable bonds is 5. The maximum atomic E-state index is 12.6. The second kappa shape index (κ2) is 7.98. The normalized spacial score (nSPS) is 20.4. The van der Waals surface area contributed by atoms with Crippen LogP contribution in [0.15, 0.2) is 30.5 Å². The molecule has 1 saturated carbocycles. The predicted octanol–water partition coefficient (Wildman–Crippen LogP) is 4.12. The molecule has 2 aromatic rings. The third kappa shape index (κ3) is 4.33. The lowest BCUT2D eigenvalue weighted by molar-refractivity contribution is -0.129. The summed E-state index contributed by atoms with van der Waals surface area (Å²) in [5.74, 6) is -0.262. The minimum Gasteiger partial charge on any atom is -0.339 e. The molecule has 2 fully saturated rings. The molecule has 1 unspecified atom stereocenters. The van der Waals surface area contributed by atoms with Gasteiger partial charge in [0.2, 0.25) is 11.8 Å². The summed E-state index contributed by atoms with van der Waals surface area (Å²) in [5, 5.41) is 4.21. The number of carbonyl (C=O) groups is 2. The van der Waals surface area contributed by atoms with Crippen LogP contribution in [0.25, 0.3) is 0 Å². The molecule has 4 rings (SSSR count). The van der Waals surface area contributed by atoms with Crippen molar-refractivity contribution in [3.8, 4) is 0 Å². The lowest BCUT2D eigenvalue weighted by atomic mass is 10.1. The molecular formula is C20H22ClN3O2S. The summed E-state index contributed by atoms with van der Waals surface area (Å²) < 4.78 is 0. The van der Waals surface area contributed by atoms with Gasteiger partial charge in [0.1, 0.15) is 0 Å². The van der Waals surface area contributed by atoms with Crippen LogP contribution in [-0.2, 0) is 16.0 Å². The molecule has 1 aliphatic carbocycles. The third-order valence-electron chi connectivity index (χ3n) is 5.37. The standard InChI is InChI=1S/C20H22ClN3O2S/c21-15-7-5-13(6-8-15)9-17-11-22-20(27-17)23-19(26)14-10-18(25)24(12-14)16-3-1-2-4-16/h5-8,11,14,16H,1-4,9-10,12H2,(H,22,23,26). The van der Waals surface area contributed by atoms with Gasteiger partial charge in [-0.05, 0) is 30.5 Å². The highest BCUT2D eigenvalue weighted by Gasteiger charge is 2.38. The molecule has 7 heteroatoms. The van der Waals surface area contributed by atoms with Crippen LogP contribution in [0.4, 0.5) is 5.13 Å². The molecule has 27 heavy (non-hydrogen) atoms. The van der Waals surface area contributed by atoms with Crippen LogP contribution in [0.3, 0.4) is 0 Å². The Bertz CT molecular complexity index is 830. The van der Waals surface area contributed by atoms with Crippen molar-refractivity contribution in [2.75, 3.05) is 11.9 Å². The van der Waals surface area contributed by atoms with Gasteiger partial charge in [-0.3, -0.25) is 9.59 Å². The van der Waals surface area contributed by atoms with E-state index >= 15 is 0 Å². The first kappa shape index (κ1) is 18.4. The first-order valence-corrected chi connectivity index (χ1v) is 10.6. The van der Waals surface area contributed by atoms with E-state index in [4.69, 9.17) is 11.6 Å². The molecule has 1 atom stereocenters. The van der Waals surface area contributed by atoms with Gasteiger partial charge in [-0.25, -0.2) is 4.98 Å². The summed E-state index contributed by atoms with van der Waals surface area (Å²) in [5.41, 5.74) is 1.15. The topological polar surface area (TPSA) is 62.3 Å². The minimum absolute atomic E-state index is 0.101. The van der Waals surface area contributed by atoms with E-state index in [1.54, 1.807) is 6.20 Å². The van der Waals surface area contributed by atoms with E-state index in [1.807, 2.05) is 29.2 Å². The highest BCUT2D eigenvalue weighted by molar-refractivity contribution is 7.15. The van der Waals surface area contributed by atoms with Gasteiger partial charge < -0.3 is 10.2 Å². The van der Waals surface area contributed by atoms with Crippen LogP contribution < -0.4 is 5.32 Å². The molecule has 1 aliphatic heterocycles. The monoisotopic (exact) mass is 403 g/mol. The number of thiazole rings is 1. The largest absolute Gasteiger partial charge is 0.339 e. The number of benzene rings is 1. The van der Waals surface area contributed by atoms with Crippen molar-refractivity contribution in [3.05, 3.63) is 45.9 Å². The number of likely N-dealkylation sites (tertiary alicyclic amines) is 1. The van der Waals surface area contributed by atoms with E-state index < -0.39 is 0 Å². The van der Waals surface area contributed by atoms with E-state index in [-0.39, 0.29) is 17.7 Å². The lowest BCUT2D eigenvalue weighted by Crippen LogP contribution is -2.35. The number of amides is 2. The molecule has 5 nitrogen and oxygen atoms in total. The molecule has 142 valence electrons. The van der Waals surface area contributed by atoms with E-state index in [1.165, 1.54) is 24.2 Å². The number of hydrogen-bond acceptors (Lipinski definition) is 4. The Balaban J connectivity index is 1.34. The number of halogens is 1. The molecule has 1 N–H and O–H groups in total. The van der Waals surface area contributed by atoms with Gasteiger partial charge in [-0.2, -0.15) is 0 Å². The van der Waals surface area contributed by atoms with Crippen LogP contribution in [-0.4, -0.2) is 34.3 Å². The SMILES string of the molecule is O=C(Nc1ncc(Cc2ccc(Cl)cc2)s1)C1CC(=O)N(C2CCCC2)C1. The predicted molar refractivity (Wildman–Crippen MR) is 107 cm³/mol. The van der Waals surface area contributed by atoms with Crippen molar-refractivity contribution in [1.29, 1.82) is 0 Å². The third-order valence-corrected chi connectivity index (χ3v) is 6.53. The van der Waals surface area contributed by atoms with Crippen molar-refractivity contribution >= 4 is 39.9 Å². The highest BCUT2D eigenvalue weighted by atomic mass is 35.5. The molecular weight excluding hydrogens is 382 g/mol. The fraction of sp³-hybridized carbons (Fsp3) is 0.450. The van der Waals surface area contributed by atoms with Crippen LogP contribution >= 0.6 is 22.9 Å². The summed E-state index contributed by atoms with van der Waals surface area (Å²) in [7, 11) is 0.